The van der Waals surface area contributed by atoms with Crippen LogP contribution in [0, 0.1) is 23.4 Å². The Labute approximate surface area is 177 Å². The molecule has 0 bridgehead atoms. The number of carbonyl (C=O) groups is 2. The second-order valence-electron chi connectivity index (χ2n) is 8.09. The number of halogens is 3. The fourth-order valence-corrected chi connectivity index (χ4v) is 4.47. The summed E-state index contributed by atoms with van der Waals surface area (Å²) in [6, 6.07) is 5.22. The Balaban J connectivity index is 1.36. The van der Waals surface area contributed by atoms with Gasteiger partial charge in [0.05, 0.1) is 6.04 Å². The molecule has 9 heteroatoms. The minimum Gasteiger partial charge on any atom is -0.338 e. The highest BCUT2D eigenvalue weighted by molar-refractivity contribution is 5.92. The lowest BCUT2D eigenvalue weighted by Crippen LogP contribution is -2.42. The van der Waals surface area contributed by atoms with Crippen LogP contribution in [0.5, 0.6) is 0 Å². The van der Waals surface area contributed by atoms with Crippen LogP contribution in [0.1, 0.15) is 28.9 Å². The number of pyridine rings is 1. The van der Waals surface area contributed by atoms with E-state index in [4.69, 9.17) is 5.73 Å². The molecule has 2 aliphatic rings. The van der Waals surface area contributed by atoms with Crippen LogP contribution in [0.25, 0.3) is 0 Å². The Morgan fingerprint density at radius 2 is 1.90 bits per heavy atom. The van der Waals surface area contributed by atoms with Gasteiger partial charge in [-0.15, -0.1) is 0 Å². The number of carbonyl (C=O) groups excluding carboxylic acids is 2. The molecule has 0 saturated carbocycles. The molecule has 3 heterocycles. The molecule has 4 rings (SSSR count). The molecular weight excluding hydrogens is 409 g/mol. The van der Waals surface area contributed by atoms with Gasteiger partial charge in [0, 0.05) is 50.3 Å². The number of hydrogen-bond donors (Lipinski definition) is 0. The first kappa shape index (κ1) is 21.3. The SMILES string of the molecule is [NH][C@@H](CC(=O)N1CC[C@H]2CN(C(=O)c3ccccn3)C[C@H]21)Cc1cc(F)c(F)cc1F. The van der Waals surface area contributed by atoms with E-state index in [1.54, 1.807) is 34.2 Å². The lowest BCUT2D eigenvalue weighted by molar-refractivity contribution is -0.132. The molecule has 2 saturated heterocycles. The maximum absolute atomic E-state index is 13.8. The van der Waals surface area contributed by atoms with E-state index >= 15 is 0 Å². The van der Waals surface area contributed by atoms with Crippen LogP contribution in [-0.4, -0.2) is 58.3 Å². The number of hydrogen-bond acceptors (Lipinski definition) is 3. The molecule has 1 aromatic carbocycles. The van der Waals surface area contributed by atoms with Gasteiger partial charge in [0.1, 0.15) is 11.5 Å². The first-order chi connectivity index (χ1) is 14.8. The highest BCUT2D eigenvalue weighted by Crippen LogP contribution is 2.32. The largest absolute Gasteiger partial charge is 0.338 e. The third-order valence-corrected chi connectivity index (χ3v) is 6.02. The summed E-state index contributed by atoms with van der Waals surface area (Å²) < 4.78 is 40.3. The van der Waals surface area contributed by atoms with Gasteiger partial charge < -0.3 is 9.80 Å². The van der Waals surface area contributed by atoms with E-state index in [9.17, 15) is 22.8 Å². The van der Waals surface area contributed by atoms with Crippen molar-refractivity contribution in [2.45, 2.75) is 31.3 Å². The van der Waals surface area contributed by atoms with Crippen molar-refractivity contribution in [3.05, 3.63) is 65.2 Å². The van der Waals surface area contributed by atoms with Crippen molar-refractivity contribution < 1.29 is 22.8 Å². The molecule has 1 aromatic heterocycles. The van der Waals surface area contributed by atoms with Crippen LogP contribution in [0.4, 0.5) is 13.2 Å². The zero-order valence-corrected chi connectivity index (χ0v) is 16.7. The Kier molecular flexibility index (Phi) is 5.95. The van der Waals surface area contributed by atoms with E-state index in [0.29, 0.717) is 31.4 Å². The molecule has 0 aliphatic carbocycles. The van der Waals surface area contributed by atoms with Crippen LogP contribution in [0.3, 0.4) is 0 Å². The van der Waals surface area contributed by atoms with Crippen molar-refractivity contribution in [3.63, 3.8) is 0 Å². The summed E-state index contributed by atoms with van der Waals surface area (Å²) in [5.74, 6) is -3.64. The van der Waals surface area contributed by atoms with E-state index in [0.717, 1.165) is 12.5 Å². The van der Waals surface area contributed by atoms with E-state index in [1.807, 2.05) is 0 Å². The topological polar surface area (TPSA) is 77.3 Å². The molecular formula is C22H22F3N4O2. The summed E-state index contributed by atoms with van der Waals surface area (Å²) in [5, 5.41) is 0. The maximum Gasteiger partial charge on any atom is 0.272 e. The van der Waals surface area contributed by atoms with E-state index < -0.39 is 23.5 Å². The number of likely N-dealkylation sites (tertiary alicyclic amines) is 2. The Morgan fingerprint density at radius 3 is 2.65 bits per heavy atom. The second kappa shape index (κ2) is 8.66. The number of fused-ring (bicyclic) bond motifs is 1. The number of benzene rings is 1. The standard InChI is InChI=1S/C22H22F3N4O2/c23-16-10-18(25)17(24)8-14(16)7-15(26)9-21(30)29-6-4-13-11-28(12-20(13)29)22(31)19-3-1-2-5-27-19/h1-3,5,8,10,13,15,20,26H,4,6-7,9,11-12H2/t13-,15+,20+/m0/s1. The predicted molar refractivity (Wildman–Crippen MR) is 105 cm³/mol. The van der Waals surface area contributed by atoms with E-state index in [2.05, 4.69) is 4.98 Å². The van der Waals surface area contributed by atoms with Crippen molar-refractivity contribution in [1.29, 1.82) is 0 Å². The first-order valence-corrected chi connectivity index (χ1v) is 10.2. The molecule has 2 aliphatic heterocycles. The molecule has 3 atom stereocenters. The second-order valence-corrected chi connectivity index (χ2v) is 8.09. The number of aromatic nitrogens is 1. The molecule has 0 unspecified atom stereocenters. The normalized spacial score (nSPS) is 21.3. The number of rotatable bonds is 5. The third kappa shape index (κ3) is 4.41. The molecule has 2 aromatic rings. The highest BCUT2D eigenvalue weighted by Gasteiger charge is 2.45. The van der Waals surface area contributed by atoms with Crippen LogP contribution in [0.2, 0.25) is 0 Å². The van der Waals surface area contributed by atoms with Gasteiger partial charge in [0.25, 0.3) is 5.91 Å². The van der Waals surface area contributed by atoms with Gasteiger partial charge in [-0.3, -0.25) is 20.3 Å². The summed E-state index contributed by atoms with van der Waals surface area (Å²) in [6.07, 6.45) is 1.98. The maximum atomic E-state index is 13.8. The van der Waals surface area contributed by atoms with Crippen LogP contribution in [-0.2, 0) is 11.2 Å². The average molecular weight is 431 g/mol. The van der Waals surface area contributed by atoms with Crippen molar-refractivity contribution in [2.75, 3.05) is 19.6 Å². The van der Waals surface area contributed by atoms with Crippen molar-refractivity contribution in [2.24, 2.45) is 5.92 Å². The van der Waals surface area contributed by atoms with Crippen LogP contribution < -0.4 is 5.73 Å². The zero-order chi connectivity index (χ0) is 22.1. The smallest absolute Gasteiger partial charge is 0.272 e. The van der Waals surface area contributed by atoms with Gasteiger partial charge in [-0.1, -0.05) is 6.07 Å². The summed E-state index contributed by atoms with van der Waals surface area (Å²) in [6.45, 7) is 1.51. The quantitative estimate of drug-likeness (QED) is 0.683. The molecule has 1 N–H and O–H groups in total. The first-order valence-electron chi connectivity index (χ1n) is 10.2. The minimum absolute atomic E-state index is 0.118. The number of amides is 2. The molecule has 6 nitrogen and oxygen atoms in total. The summed E-state index contributed by atoms with van der Waals surface area (Å²) >= 11 is 0. The van der Waals surface area contributed by atoms with E-state index in [1.165, 1.54) is 0 Å². The number of nitrogens with one attached hydrogen (secondary N) is 1. The zero-order valence-electron chi connectivity index (χ0n) is 16.7. The van der Waals surface area contributed by atoms with Gasteiger partial charge in [-0.25, -0.2) is 13.2 Å². The van der Waals surface area contributed by atoms with Gasteiger partial charge in [-0.05, 0) is 36.6 Å². The molecule has 163 valence electrons. The molecule has 0 spiro atoms. The van der Waals surface area contributed by atoms with E-state index in [-0.39, 0.29) is 42.2 Å². The lowest BCUT2D eigenvalue weighted by Gasteiger charge is -2.26. The molecule has 31 heavy (non-hydrogen) atoms. The van der Waals surface area contributed by atoms with Crippen molar-refractivity contribution >= 4 is 11.8 Å². The third-order valence-electron chi connectivity index (χ3n) is 6.02. The Bertz CT molecular complexity index is 988. The average Bonchev–Trinajstić information content (AvgIpc) is 3.33. The lowest BCUT2D eigenvalue weighted by atomic mass is 10.0. The Morgan fingerprint density at radius 1 is 1.13 bits per heavy atom. The van der Waals surface area contributed by atoms with Crippen molar-refractivity contribution in [3.8, 4) is 0 Å². The van der Waals surface area contributed by atoms with Gasteiger partial charge in [0.15, 0.2) is 11.6 Å². The molecule has 2 amide bonds. The minimum atomic E-state index is -1.28. The van der Waals surface area contributed by atoms with Crippen LogP contribution in [0.15, 0.2) is 36.5 Å². The van der Waals surface area contributed by atoms with Gasteiger partial charge in [-0.2, -0.15) is 0 Å². The summed E-state index contributed by atoms with van der Waals surface area (Å²) in [7, 11) is 0. The van der Waals surface area contributed by atoms with Gasteiger partial charge >= 0.3 is 0 Å². The van der Waals surface area contributed by atoms with Crippen LogP contribution >= 0.6 is 0 Å². The highest BCUT2D eigenvalue weighted by atomic mass is 19.2. The molecule has 1 radical (unpaired) electrons. The predicted octanol–water partition coefficient (Wildman–Crippen LogP) is 2.46. The van der Waals surface area contributed by atoms with Gasteiger partial charge in [0.2, 0.25) is 5.91 Å². The van der Waals surface area contributed by atoms with Crippen molar-refractivity contribution in [1.82, 2.24) is 20.5 Å². The fraction of sp³-hybridized carbons (Fsp3) is 0.409. The molecule has 2 fully saturated rings. The monoisotopic (exact) mass is 431 g/mol. The summed E-state index contributed by atoms with van der Waals surface area (Å²) in [5.41, 5.74) is 8.37. The fourth-order valence-electron chi connectivity index (χ4n) is 4.47. The summed E-state index contributed by atoms with van der Waals surface area (Å²) in [4.78, 5) is 32.9. The Hall–Kier alpha value is -2.94. The number of nitrogens with zero attached hydrogens (tertiary/aromatic N) is 3.